The van der Waals surface area contributed by atoms with E-state index in [2.05, 4.69) is 26.6 Å². The highest BCUT2D eigenvalue weighted by Gasteiger charge is 2.17. The molecule has 3 rings (SSSR count). The molecule has 0 saturated carbocycles. The number of aromatic nitrogens is 5. The van der Waals surface area contributed by atoms with Gasteiger partial charge in [0, 0.05) is 18.7 Å². The minimum atomic E-state index is -3.58. The van der Waals surface area contributed by atoms with Crippen molar-refractivity contribution >= 4 is 15.9 Å². The van der Waals surface area contributed by atoms with Gasteiger partial charge in [0.2, 0.25) is 15.0 Å². The van der Waals surface area contributed by atoms with Gasteiger partial charge in [-0.1, -0.05) is 18.7 Å². The van der Waals surface area contributed by atoms with Crippen LogP contribution in [0.4, 0.5) is 0 Å². The Kier molecular flexibility index (Phi) is 5.04. The molecule has 0 spiro atoms. The molecular weight excluding hydrogens is 366 g/mol. The second-order valence-corrected chi connectivity index (χ2v) is 7.83. The Labute approximate surface area is 157 Å². The van der Waals surface area contributed by atoms with Gasteiger partial charge in [-0.15, -0.1) is 5.10 Å². The summed E-state index contributed by atoms with van der Waals surface area (Å²) in [5.74, 6) is 2.27. The summed E-state index contributed by atoms with van der Waals surface area (Å²) >= 11 is 0. The molecule has 0 aliphatic carbocycles. The van der Waals surface area contributed by atoms with Crippen molar-refractivity contribution in [3.05, 3.63) is 59.8 Å². The molecule has 0 radical (unpaired) electrons. The normalized spacial score (nSPS) is 11.4. The molecule has 0 atom stereocenters. The lowest BCUT2D eigenvalue weighted by molar-refractivity contribution is 0.414. The zero-order chi connectivity index (χ0) is 19.6. The molecule has 0 aliphatic rings. The van der Waals surface area contributed by atoms with Gasteiger partial charge in [0.25, 0.3) is 0 Å². The second-order valence-electron chi connectivity index (χ2n) is 5.92. The summed E-state index contributed by atoms with van der Waals surface area (Å²) in [6, 6.07) is 9.22. The van der Waals surface area contributed by atoms with E-state index in [0.717, 1.165) is 17.6 Å². The van der Waals surface area contributed by atoms with Crippen molar-refractivity contribution in [3.8, 4) is 11.6 Å². The summed E-state index contributed by atoms with van der Waals surface area (Å²) in [7, 11) is -1.97. The van der Waals surface area contributed by atoms with Gasteiger partial charge >= 0.3 is 0 Å². The molecule has 140 valence electrons. The Morgan fingerprint density at radius 1 is 1.19 bits per heavy atom. The minimum Gasteiger partial charge on any atom is -0.497 e. The maximum atomic E-state index is 11.9. The maximum absolute atomic E-state index is 11.9. The third kappa shape index (κ3) is 4.20. The van der Waals surface area contributed by atoms with E-state index < -0.39 is 9.84 Å². The van der Waals surface area contributed by atoms with Crippen LogP contribution in [0.2, 0.25) is 0 Å². The number of hydrogen-bond acceptors (Lipinski definition) is 7. The van der Waals surface area contributed by atoms with Crippen LogP contribution in [-0.4, -0.2) is 46.5 Å². The fourth-order valence-corrected chi connectivity index (χ4v) is 3.02. The van der Waals surface area contributed by atoms with Gasteiger partial charge in [-0.05, 0) is 30.7 Å². The van der Waals surface area contributed by atoms with Crippen LogP contribution >= 0.6 is 0 Å². The number of nitrogens with zero attached hydrogens (tertiary/aromatic N) is 5. The molecule has 0 amide bonds. The molecule has 0 fully saturated rings. The summed E-state index contributed by atoms with van der Waals surface area (Å²) in [6.07, 6.45) is 3.02. The average Bonchev–Trinajstić information content (AvgIpc) is 3.01. The molecule has 0 N–H and O–H groups in total. The lowest BCUT2D eigenvalue weighted by atomic mass is 10.1. The van der Waals surface area contributed by atoms with Gasteiger partial charge < -0.3 is 4.74 Å². The van der Waals surface area contributed by atoms with E-state index in [4.69, 9.17) is 4.74 Å². The summed E-state index contributed by atoms with van der Waals surface area (Å²) in [6.45, 7) is 5.42. The van der Waals surface area contributed by atoms with E-state index in [0.29, 0.717) is 29.6 Å². The van der Waals surface area contributed by atoms with E-state index >= 15 is 0 Å². The van der Waals surface area contributed by atoms with Crippen LogP contribution in [0.1, 0.15) is 22.9 Å². The molecular formula is C18H19N5O3S. The van der Waals surface area contributed by atoms with E-state index in [9.17, 15) is 8.42 Å². The molecule has 0 unspecified atom stereocenters. The van der Waals surface area contributed by atoms with Crippen LogP contribution in [0.25, 0.3) is 11.9 Å². The first-order valence-corrected chi connectivity index (χ1v) is 9.96. The predicted molar refractivity (Wildman–Crippen MR) is 101 cm³/mol. The topological polar surface area (TPSA) is 99.9 Å². The van der Waals surface area contributed by atoms with Crippen molar-refractivity contribution in [2.24, 2.45) is 0 Å². The summed E-state index contributed by atoms with van der Waals surface area (Å²) in [4.78, 5) is 12.6. The number of ether oxygens (including phenoxy) is 1. The van der Waals surface area contributed by atoms with Crippen molar-refractivity contribution in [1.29, 1.82) is 0 Å². The predicted octanol–water partition coefficient (Wildman–Crippen LogP) is 2.01. The fraction of sp³-hybridized carbons (Fsp3) is 0.222. The third-order valence-corrected chi connectivity index (χ3v) is 4.62. The molecule has 0 saturated heterocycles. The second kappa shape index (κ2) is 7.28. The molecule has 0 aliphatic heterocycles. The molecule has 2 aromatic heterocycles. The first kappa shape index (κ1) is 18.7. The summed E-state index contributed by atoms with van der Waals surface area (Å²) in [5, 5.41) is 4.09. The van der Waals surface area contributed by atoms with Crippen LogP contribution in [0, 0.1) is 6.92 Å². The van der Waals surface area contributed by atoms with E-state index in [1.807, 2.05) is 24.3 Å². The Balaban J connectivity index is 2.06. The van der Waals surface area contributed by atoms with Crippen LogP contribution < -0.4 is 4.74 Å². The van der Waals surface area contributed by atoms with Crippen LogP contribution in [0.5, 0.6) is 5.75 Å². The number of hydrogen-bond donors (Lipinski definition) is 0. The van der Waals surface area contributed by atoms with Crippen molar-refractivity contribution in [1.82, 2.24) is 24.7 Å². The Hall–Kier alpha value is -3.07. The lowest BCUT2D eigenvalue weighted by Gasteiger charge is -2.08. The quantitative estimate of drug-likeness (QED) is 0.598. The standard InChI is InChI=1S/C18H19N5O3S/c1-5-14-11-17(21-18(20-14)27(4,24)25)23-16(19-12(2)22-23)10-13-6-8-15(26-3)9-7-13/h5-9,11H,1,10H2,2-4H3. The first-order valence-electron chi connectivity index (χ1n) is 8.07. The van der Waals surface area contributed by atoms with Gasteiger partial charge in [0.15, 0.2) is 5.82 Å². The number of aryl methyl sites for hydroxylation is 1. The molecule has 3 aromatic rings. The maximum Gasteiger partial charge on any atom is 0.249 e. The zero-order valence-electron chi connectivity index (χ0n) is 15.2. The van der Waals surface area contributed by atoms with Gasteiger partial charge in [0.05, 0.1) is 12.8 Å². The van der Waals surface area contributed by atoms with Gasteiger partial charge in [0.1, 0.15) is 17.4 Å². The van der Waals surface area contributed by atoms with Crippen molar-refractivity contribution in [2.45, 2.75) is 18.5 Å². The molecule has 8 nitrogen and oxygen atoms in total. The Bertz CT molecular complexity index is 1090. The highest BCUT2D eigenvalue weighted by atomic mass is 32.2. The molecule has 1 aromatic carbocycles. The van der Waals surface area contributed by atoms with Crippen LogP contribution in [0.3, 0.4) is 0 Å². The molecule has 2 heterocycles. The van der Waals surface area contributed by atoms with E-state index in [1.165, 1.54) is 10.8 Å². The van der Waals surface area contributed by atoms with Crippen LogP contribution in [-0.2, 0) is 16.3 Å². The van der Waals surface area contributed by atoms with E-state index in [-0.39, 0.29) is 5.16 Å². The van der Waals surface area contributed by atoms with Crippen LogP contribution in [0.15, 0.2) is 42.1 Å². The zero-order valence-corrected chi connectivity index (χ0v) is 16.1. The van der Waals surface area contributed by atoms with Crippen molar-refractivity contribution in [3.63, 3.8) is 0 Å². The van der Waals surface area contributed by atoms with Crippen molar-refractivity contribution < 1.29 is 13.2 Å². The summed E-state index contributed by atoms with van der Waals surface area (Å²) in [5.41, 5.74) is 1.40. The van der Waals surface area contributed by atoms with E-state index in [1.54, 1.807) is 20.1 Å². The molecule has 9 heteroatoms. The average molecular weight is 385 g/mol. The number of methoxy groups -OCH3 is 1. The highest BCUT2D eigenvalue weighted by Crippen LogP contribution is 2.17. The first-order chi connectivity index (χ1) is 12.8. The molecule has 27 heavy (non-hydrogen) atoms. The Morgan fingerprint density at radius 2 is 1.89 bits per heavy atom. The number of rotatable bonds is 6. The van der Waals surface area contributed by atoms with Gasteiger partial charge in [-0.25, -0.2) is 18.4 Å². The van der Waals surface area contributed by atoms with Gasteiger partial charge in [-0.3, -0.25) is 0 Å². The summed E-state index contributed by atoms with van der Waals surface area (Å²) < 4.78 is 30.5. The monoisotopic (exact) mass is 385 g/mol. The third-order valence-electron chi connectivity index (χ3n) is 3.77. The van der Waals surface area contributed by atoms with Gasteiger partial charge in [-0.2, -0.15) is 9.67 Å². The lowest BCUT2D eigenvalue weighted by Crippen LogP contribution is -2.12. The fourth-order valence-electron chi connectivity index (χ4n) is 2.49. The molecule has 0 bridgehead atoms. The largest absolute Gasteiger partial charge is 0.497 e. The minimum absolute atomic E-state index is 0.279. The van der Waals surface area contributed by atoms with Crippen molar-refractivity contribution in [2.75, 3.05) is 13.4 Å². The highest BCUT2D eigenvalue weighted by molar-refractivity contribution is 7.90. The SMILES string of the molecule is C=Cc1cc(-n2nc(C)nc2Cc2ccc(OC)cc2)nc(S(C)(=O)=O)n1. The number of sulfone groups is 1. The smallest absolute Gasteiger partial charge is 0.249 e. The Morgan fingerprint density at radius 3 is 2.48 bits per heavy atom. The number of benzene rings is 1.